The van der Waals surface area contributed by atoms with Gasteiger partial charge in [0.15, 0.2) is 0 Å². The lowest BCUT2D eigenvalue weighted by molar-refractivity contribution is -0.143. The number of nitrogens with one attached hydrogen (secondary N) is 1. The summed E-state index contributed by atoms with van der Waals surface area (Å²) in [4.78, 5) is 33.3. The van der Waals surface area contributed by atoms with Gasteiger partial charge >= 0.3 is 5.97 Å². The third-order valence-corrected chi connectivity index (χ3v) is 2.69. The summed E-state index contributed by atoms with van der Waals surface area (Å²) in [5.41, 5.74) is 10.4. The minimum Gasteiger partial charge on any atom is -0.480 e. The molecule has 0 spiro atoms. The van der Waals surface area contributed by atoms with E-state index in [2.05, 4.69) is 5.32 Å². The summed E-state index contributed by atoms with van der Waals surface area (Å²) in [7, 11) is 0. The Morgan fingerprint density at radius 2 is 1.83 bits per heavy atom. The van der Waals surface area contributed by atoms with Crippen LogP contribution in [0.3, 0.4) is 0 Å². The summed E-state index contributed by atoms with van der Waals surface area (Å²) < 4.78 is 0. The second-order valence-electron chi connectivity index (χ2n) is 4.49. The van der Waals surface area contributed by atoms with Crippen LogP contribution in [0.1, 0.15) is 26.7 Å². The summed E-state index contributed by atoms with van der Waals surface area (Å²) in [5, 5.41) is 11.3. The number of carbonyl (C=O) groups is 3. The van der Waals surface area contributed by atoms with Crippen LogP contribution in [0.5, 0.6) is 0 Å². The first-order valence-corrected chi connectivity index (χ1v) is 5.81. The van der Waals surface area contributed by atoms with Gasteiger partial charge in [0, 0.05) is 13.0 Å². The molecule has 0 aliphatic carbocycles. The van der Waals surface area contributed by atoms with Crippen molar-refractivity contribution in [1.82, 2.24) is 5.32 Å². The molecule has 0 aliphatic rings. The van der Waals surface area contributed by atoms with Crippen molar-refractivity contribution in [3.05, 3.63) is 0 Å². The summed E-state index contributed by atoms with van der Waals surface area (Å²) in [6.45, 7) is 3.80. The lowest BCUT2D eigenvalue weighted by atomic mass is 9.94. The highest BCUT2D eigenvalue weighted by Crippen LogP contribution is 2.10. The Hall–Kier alpha value is -1.63. The van der Waals surface area contributed by atoms with Crippen molar-refractivity contribution in [2.24, 2.45) is 23.3 Å². The standard InChI is InChI=1S/C11H21N3O4/c1-6(2)7(5-12)10(16)14-8(11(17)18)3-4-9(13)15/h6-8H,3-5,12H2,1-2H3,(H2,13,15)(H,14,16)(H,17,18)/t7?,8-/m0/s1. The van der Waals surface area contributed by atoms with E-state index in [0.717, 1.165) is 0 Å². The Balaban J connectivity index is 4.53. The zero-order valence-electron chi connectivity index (χ0n) is 10.7. The van der Waals surface area contributed by atoms with Gasteiger partial charge in [0.2, 0.25) is 11.8 Å². The third kappa shape index (κ3) is 5.62. The Bertz CT molecular complexity index is 317. The predicted molar refractivity (Wildman–Crippen MR) is 65.4 cm³/mol. The molecule has 0 aliphatic heterocycles. The van der Waals surface area contributed by atoms with Crippen molar-refractivity contribution in [1.29, 1.82) is 0 Å². The molecule has 0 radical (unpaired) electrons. The molecule has 0 fully saturated rings. The molecule has 2 atom stereocenters. The van der Waals surface area contributed by atoms with E-state index < -0.39 is 29.7 Å². The highest BCUT2D eigenvalue weighted by Gasteiger charge is 2.26. The first kappa shape index (κ1) is 16.4. The summed E-state index contributed by atoms with van der Waals surface area (Å²) >= 11 is 0. The number of nitrogens with two attached hydrogens (primary N) is 2. The van der Waals surface area contributed by atoms with E-state index in [0.29, 0.717) is 0 Å². The molecule has 6 N–H and O–H groups in total. The lowest BCUT2D eigenvalue weighted by Crippen LogP contribution is -2.46. The smallest absolute Gasteiger partial charge is 0.326 e. The van der Waals surface area contributed by atoms with Crippen molar-refractivity contribution >= 4 is 17.8 Å². The molecular formula is C11H21N3O4. The molecule has 0 aromatic rings. The third-order valence-electron chi connectivity index (χ3n) is 2.69. The molecular weight excluding hydrogens is 238 g/mol. The minimum atomic E-state index is -1.19. The zero-order valence-corrected chi connectivity index (χ0v) is 10.7. The highest BCUT2D eigenvalue weighted by atomic mass is 16.4. The molecule has 0 aromatic heterocycles. The topological polar surface area (TPSA) is 136 Å². The molecule has 2 amide bonds. The predicted octanol–water partition coefficient (Wildman–Crippen LogP) is -0.948. The van der Waals surface area contributed by atoms with Crippen LogP contribution in [0.25, 0.3) is 0 Å². The fraction of sp³-hybridized carbons (Fsp3) is 0.727. The molecule has 0 rings (SSSR count). The van der Waals surface area contributed by atoms with Gasteiger partial charge in [0.25, 0.3) is 0 Å². The van der Waals surface area contributed by atoms with Gasteiger partial charge in [-0.1, -0.05) is 13.8 Å². The van der Waals surface area contributed by atoms with E-state index >= 15 is 0 Å². The molecule has 7 nitrogen and oxygen atoms in total. The number of aliphatic carboxylic acids is 1. The molecule has 7 heteroatoms. The Kier molecular flexibility index (Phi) is 6.96. The average Bonchev–Trinajstić information content (AvgIpc) is 2.23. The van der Waals surface area contributed by atoms with Gasteiger partial charge in [-0.2, -0.15) is 0 Å². The second kappa shape index (κ2) is 7.65. The van der Waals surface area contributed by atoms with E-state index in [4.69, 9.17) is 16.6 Å². The van der Waals surface area contributed by atoms with Crippen molar-refractivity contribution in [2.45, 2.75) is 32.7 Å². The molecule has 0 bridgehead atoms. The van der Waals surface area contributed by atoms with Gasteiger partial charge in [-0.25, -0.2) is 4.79 Å². The minimum absolute atomic E-state index is 0.0144. The van der Waals surface area contributed by atoms with Crippen LogP contribution in [-0.4, -0.2) is 35.5 Å². The van der Waals surface area contributed by atoms with Gasteiger partial charge in [0.1, 0.15) is 6.04 Å². The highest BCUT2D eigenvalue weighted by molar-refractivity contribution is 5.85. The Morgan fingerprint density at radius 1 is 1.28 bits per heavy atom. The molecule has 0 heterocycles. The van der Waals surface area contributed by atoms with Crippen LogP contribution in [-0.2, 0) is 14.4 Å². The van der Waals surface area contributed by atoms with Crippen LogP contribution in [0, 0.1) is 11.8 Å². The number of amides is 2. The van der Waals surface area contributed by atoms with Crippen LogP contribution in [0.2, 0.25) is 0 Å². The first-order valence-electron chi connectivity index (χ1n) is 5.81. The van der Waals surface area contributed by atoms with Crippen LogP contribution >= 0.6 is 0 Å². The zero-order chi connectivity index (χ0) is 14.3. The van der Waals surface area contributed by atoms with E-state index in [-0.39, 0.29) is 25.3 Å². The molecule has 18 heavy (non-hydrogen) atoms. The quantitative estimate of drug-likeness (QED) is 0.445. The number of hydrogen-bond acceptors (Lipinski definition) is 4. The number of primary amides is 1. The van der Waals surface area contributed by atoms with Crippen LogP contribution in [0.4, 0.5) is 0 Å². The van der Waals surface area contributed by atoms with E-state index in [1.807, 2.05) is 13.8 Å². The fourth-order valence-electron chi connectivity index (χ4n) is 1.50. The summed E-state index contributed by atoms with van der Waals surface area (Å²) in [6.07, 6.45) is -0.113. The maximum absolute atomic E-state index is 11.8. The Morgan fingerprint density at radius 3 is 2.17 bits per heavy atom. The molecule has 0 aromatic carbocycles. The van der Waals surface area contributed by atoms with E-state index in [1.54, 1.807) is 0 Å². The van der Waals surface area contributed by atoms with E-state index in [1.165, 1.54) is 0 Å². The number of carboxylic acid groups (broad SMARTS) is 1. The molecule has 0 saturated carbocycles. The maximum atomic E-state index is 11.8. The monoisotopic (exact) mass is 259 g/mol. The van der Waals surface area contributed by atoms with Crippen molar-refractivity contribution < 1.29 is 19.5 Å². The van der Waals surface area contributed by atoms with Gasteiger partial charge < -0.3 is 21.9 Å². The van der Waals surface area contributed by atoms with Crippen molar-refractivity contribution in [2.75, 3.05) is 6.54 Å². The maximum Gasteiger partial charge on any atom is 0.326 e. The van der Waals surface area contributed by atoms with Crippen molar-refractivity contribution in [3.8, 4) is 0 Å². The number of carbonyl (C=O) groups excluding carboxylic acids is 2. The van der Waals surface area contributed by atoms with Crippen LogP contribution in [0.15, 0.2) is 0 Å². The average molecular weight is 259 g/mol. The van der Waals surface area contributed by atoms with Gasteiger partial charge in [-0.05, 0) is 12.3 Å². The van der Waals surface area contributed by atoms with E-state index in [9.17, 15) is 14.4 Å². The number of hydrogen-bond donors (Lipinski definition) is 4. The summed E-state index contributed by atoms with van der Waals surface area (Å²) in [6, 6.07) is -1.11. The van der Waals surface area contributed by atoms with Crippen LogP contribution < -0.4 is 16.8 Å². The second-order valence-corrected chi connectivity index (χ2v) is 4.49. The normalized spacial score (nSPS) is 14.0. The lowest BCUT2D eigenvalue weighted by Gasteiger charge is -2.21. The number of rotatable bonds is 8. The Labute approximate surface area is 106 Å². The first-order chi connectivity index (χ1) is 8.29. The van der Waals surface area contributed by atoms with Gasteiger partial charge in [-0.15, -0.1) is 0 Å². The summed E-state index contributed by atoms with van der Waals surface area (Å²) in [5.74, 6) is -2.63. The molecule has 0 saturated heterocycles. The molecule has 1 unspecified atom stereocenters. The van der Waals surface area contributed by atoms with Gasteiger partial charge in [-0.3, -0.25) is 9.59 Å². The SMILES string of the molecule is CC(C)C(CN)C(=O)N[C@@H](CCC(N)=O)C(=O)O. The fourth-order valence-corrected chi connectivity index (χ4v) is 1.50. The molecule has 104 valence electrons. The largest absolute Gasteiger partial charge is 0.480 e. The number of carboxylic acids is 1. The van der Waals surface area contributed by atoms with Gasteiger partial charge in [0.05, 0.1) is 5.92 Å². The van der Waals surface area contributed by atoms with Crippen molar-refractivity contribution in [3.63, 3.8) is 0 Å².